The zero-order valence-corrected chi connectivity index (χ0v) is 20.6. The van der Waals surface area contributed by atoms with E-state index in [0.29, 0.717) is 49.1 Å². The van der Waals surface area contributed by atoms with E-state index in [2.05, 4.69) is 22.3 Å². The van der Waals surface area contributed by atoms with Gasteiger partial charge in [-0.25, -0.2) is 0 Å². The van der Waals surface area contributed by atoms with E-state index in [0.717, 1.165) is 17.1 Å². The molecule has 0 unspecified atom stereocenters. The summed E-state index contributed by atoms with van der Waals surface area (Å²) in [5, 5.41) is 10.1. The van der Waals surface area contributed by atoms with Gasteiger partial charge in [0.2, 0.25) is 5.91 Å². The number of piperidine rings is 1. The van der Waals surface area contributed by atoms with Crippen LogP contribution in [-0.4, -0.2) is 57.0 Å². The molecule has 2 aromatic carbocycles. The van der Waals surface area contributed by atoms with Crippen molar-refractivity contribution >= 4 is 35.2 Å². The van der Waals surface area contributed by atoms with Gasteiger partial charge in [-0.3, -0.25) is 14.2 Å². The number of amides is 1. The molecule has 1 amide bonds. The minimum atomic E-state index is -0.161. The molecule has 2 heterocycles. The second-order valence-electron chi connectivity index (χ2n) is 8.07. The first kappa shape index (κ1) is 24.3. The van der Waals surface area contributed by atoms with E-state index in [-0.39, 0.29) is 23.5 Å². The zero-order valence-electron chi connectivity index (χ0n) is 19.0. The number of hydrogen-bond donors (Lipinski definition) is 0. The van der Waals surface area contributed by atoms with Crippen LogP contribution in [0.3, 0.4) is 0 Å². The van der Waals surface area contributed by atoms with Gasteiger partial charge in [0.25, 0.3) is 0 Å². The molecule has 0 N–H and O–H groups in total. The van der Waals surface area contributed by atoms with Crippen molar-refractivity contribution in [1.82, 2.24) is 19.7 Å². The van der Waals surface area contributed by atoms with Crippen molar-refractivity contribution in [3.8, 4) is 5.69 Å². The van der Waals surface area contributed by atoms with Gasteiger partial charge < -0.3 is 9.64 Å². The first-order valence-electron chi connectivity index (χ1n) is 11.4. The van der Waals surface area contributed by atoms with Crippen molar-refractivity contribution in [3.05, 3.63) is 71.0 Å². The van der Waals surface area contributed by atoms with Crippen LogP contribution in [0.5, 0.6) is 0 Å². The van der Waals surface area contributed by atoms with Crippen LogP contribution in [-0.2, 0) is 20.7 Å². The number of halogens is 1. The molecule has 1 saturated heterocycles. The van der Waals surface area contributed by atoms with E-state index in [4.69, 9.17) is 16.3 Å². The summed E-state index contributed by atoms with van der Waals surface area (Å²) < 4.78 is 7.10. The van der Waals surface area contributed by atoms with Gasteiger partial charge in [0, 0.05) is 30.2 Å². The summed E-state index contributed by atoms with van der Waals surface area (Å²) in [6.45, 7) is 3.31. The maximum Gasteiger partial charge on any atom is 0.309 e. The van der Waals surface area contributed by atoms with Gasteiger partial charge in [-0.1, -0.05) is 53.7 Å². The fourth-order valence-corrected chi connectivity index (χ4v) is 4.98. The lowest BCUT2D eigenvalue weighted by molar-refractivity contribution is -0.151. The van der Waals surface area contributed by atoms with Gasteiger partial charge in [0.15, 0.2) is 5.16 Å². The molecule has 0 aliphatic carbocycles. The van der Waals surface area contributed by atoms with Crippen LogP contribution >= 0.6 is 23.4 Å². The lowest BCUT2D eigenvalue weighted by Gasteiger charge is -2.30. The van der Waals surface area contributed by atoms with Gasteiger partial charge >= 0.3 is 5.97 Å². The van der Waals surface area contributed by atoms with E-state index >= 15 is 0 Å². The molecule has 1 fully saturated rings. The van der Waals surface area contributed by atoms with Crippen LogP contribution in [0.15, 0.2) is 59.8 Å². The molecule has 34 heavy (non-hydrogen) atoms. The van der Waals surface area contributed by atoms with Gasteiger partial charge in [-0.15, -0.1) is 10.2 Å². The molecule has 7 nitrogen and oxygen atoms in total. The number of ether oxygens (including phenoxy) is 1. The number of benzene rings is 2. The normalized spacial score (nSPS) is 14.2. The molecular formula is C25H27ClN4O3S. The van der Waals surface area contributed by atoms with Gasteiger partial charge in [0.05, 0.1) is 18.3 Å². The van der Waals surface area contributed by atoms with E-state index in [1.165, 1.54) is 11.8 Å². The Balaban J connectivity index is 1.45. The number of carbonyl (C=O) groups excluding carboxylic acids is 2. The SMILES string of the molecule is CCOC(=O)C1CCN(C(=O)CSc2nnc(Cc3ccccc3)n2-c2ccc(Cl)cc2)CC1. The molecule has 9 heteroatoms. The third-order valence-corrected chi connectivity index (χ3v) is 6.95. The number of carbonyl (C=O) groups is 2. The van der Waals surface area contributed by atoms with E-state index in [9.17, 15) is 9.59 Å². The number of hydrogen-bond acceptors (Lipinski definition) is 6. The van der Waals surface area contributed by atoms with Crippen LogP contribution in [0, 0.1) is 5.92 Å². The second kappa shape index (κ2) is 11.5. The van der Waals surface area contributed by atoms with Crippen LogP contribution < -0.4 is 0 Å². The topological polar surface area (TPSA) is 77.3 Å². The predicted molar refractivity (Wildman–Crippen MR) is 132 cm³/mol. The Labute approximate surface area is 208 Å². The summed E-state index contributed by atoms with van der Waals surface area (Å²) in [6.07, 6.45) is 1.89. The monoisotopic (exact) mass is 498 g/mol. The molecule has 0 saturated carbocycles. The van der Waals surface area contributed by atoms with Crippen LogP contribution in [0.4, 0.5) is 0 Å². The summed E-state index contributed by atoms with van der Waals surface area (Å²) >= 11 is 7.46. The highest BCUT2D eigenvalue weighted by molar-refractivity contribution is 7.99. The van der Waals surface area contributed by atoms with E-state index in [1.54, 1.807) is 0 Å². The Kier molecular flexibility index (Phi) is 8.24. The average molecular weight is 499 g/mol. The zero-order chi connectivity index (χ0) is 23.9. The fraction of sp³-hybridized carbons (Fsp3) is 0.360. The number of aromatic nitrogens is 3. The highest BCUT2D eigenvalue weighted by Gasteiger charge is 2.28. The summed E-state index contributed by atoms with van der Waals surface area (Å²) in [4.78, 5) is 26.6. The lowest BCUT2D eigenvalue weighted by Crippen LogP contribution is -2.41. The molecule has 4 rings (SSSR count). The average Bonchev–Trinajstić information content (AvgIpc) is 3.26. The third-order valence-electron chi connectivity index (χ3n) is 5.78. The third kappa shape index (κ3) is 5.98. The lowest BCUT2D eigenvalue weighted by atomic mass is 9.97. The number of thioether (sulfide) groups is 1. The number of rotatable bonds is 8. The minimum Gasteiger partial charge on any atom is -0.466 e. The second-order valence-corrected chi connectivity index (χ2v) is 9.45. The quantitative estimate of drug-likeness (QED) is 0.338. The highest BCUT2D eigenvalue weighted by atomic mass is 35.5. The van der Waals surface area contributed by atoms with Crippen molar-refractivity contribution in [2.45, 2.75) is 31.3 Å². The Bertz CT molecular complexity index is 1110. The molecule has 0 spiro atoms. The molecule has 0 radical (unpaired) electrons. The van der Waals surface area contributed by atoms with Crippen LogP contribution in [0.1, 0.15) is 31.2 Å². The molecule has 0 bridgehead atoms. The summed E-state index contributed by atoms with van der Waals surface area (Å²) in [7, 11) is 0. The van der Waals surface area contributed by atoms with E-state index in [1.807, 2.05) is 58.9 Å². The Morgan fingerprint density at radius 1 is 1.06 bits per heavy atom. The number of esters is 1. The first-order valence-corrected chi connectivity index (χ1v) is 12.7. The van der Waals surface area contributed by atoms with Crippen LogP contribution in [0.2, 0.25) is 5.02 Å². The maximum atomic E-state index is 12.9. The van der Waals surface area contributed by atoms with Gasteiger partial charge in [-0.05, 0) is 49.6 Å². The Hall–Kier alpha value is -2.84. The minimum absolute atomic E-state index is 0.0302. The molecule has 3 aromatic rings. The van der Waals surface area contributed by atoms with Crippen molar-refractivity contribution in [2.75, 3.05) is 25.4 Å². The predicted octanol–water partition coefficient (Wildman–Crippen LogP) is 4.41. The molecule has 178 valence electrons. The van der Waals surface area contributed by atoms with Gasteiger partial charge in [-0.2, -0.15) is 0 Å². The largest absolute Gasteiger partial charge is 0.466 e. The molecule has 0 atom stereocenters. The van der Waals surface area contributed by atoms with Crippen molar-refractivity contribution in [1.29, 1.82) is 0 Å². The fourth-order valence-electron chi connectivity index (χ4n) is 3.98. The standard InChI is InChI=1S/C25H27ClN4O3S/c1-2-33-24(32)19-12-14-29(15-13-19)23(31)17-34-25-28-27-22(16-18-6-4-3-5-7-18)30(25)21-10-8-20(26)9-11-21/h3-11,19H,2,12-17H2,1H3. The number of likely N-dealkylation sites (tertiary alicyclic amines) is 1. The summed E-state index contributed by atoms with van der Waals surface area (Å²) in [6, 6.07) is 17.6. The Morgan fingerprint density at radius 2 is 1.76 bits per heavy atom. The molecular weight excluding hydrogens is 472 g/mol. The first-order chi connectivity index (χ1) is 16.5. The smallest absolute Gasteiger partial charge is 0.309 e. The maximum absolute atomic E-state index is 12.9. The van der Waals surface area contributed by atoms with E-state index < -0.39 is 0 Å². The Morgan fingerprint density at radius 3 is 2.44 bits per heavy atom. The molecule has 1 aliphatic rings. The molecule has 1 aliphatic heterocycles. The number of nitrogens with zero attached hydrogens (tertiary/aromatic N) is 4. The van der Waals surface area contributed by atoms with Crippen molar-refractivity contribution in [2.24, 2.45) is 5.92 Å². The van der Waals surface area contributed by atoms with Crippen LogP contribution in [0.25, 0.3) is 5.69 Å². The summed E-state index contributed by atoms with van der Waals surface area (Å²) in [5.41, 5.74) is 2.02. The van der Waals surface area contributed by atoms with Crippen molar-refractivity contribution < 1.29 is 14.3 Å². The van der Waals surface area contributed by atoms with Gasteiger partial charge in [0.1, 0.15) is 5.82 Å². The molecule has 1 aromatic heterocycles. The van der Waals surface area contributed by atoms with Crippen molar-refractivity contribution in [3.63, 3.8) is 0 Å². The highest BCUT2D eigenvalue weighted by Crippen LogP contribution is 2.26. The summed E-state index contributed by atoms with van der Waals surface area (Å²) in [5.74, 6) is 0.790.